The van der Waals surface area contributed by atoms with Gasteiger partial charge in [-0.05, 0) is 26.8 Å². The molecule has 0 saturated carbocycles. The number of hydrogen-bond acceptors (Lipinski definition) is 2. The first-order valence-electron chi connectivity index (χ1n) is 4.66. The van der Waals surface area contributed by atoms with Crippen molar-refractivity contribution in [1.29, 1.82) is 5.26 Å². The Bertz CT molecular complexity index is 424. The first-order valence-corrected chi connectivity index (χ1v) is 4.66. The minimum Gasteiger partial charge on any atom is -0.310 e. The summed E-state index contributed by atoms with van der Waals surface area (Å²) in [4.78, 5) is 11.8. The fourth-order valence-corrected chi connectivity index (χ4v) is 1.55. The second-order valence-electron chi connectivity index (χ2n) is 3.60. The van der Waals surface area contributed by atoms with Crippen molar-refractivity contribution in [3.63, 3.8) is 0 Å². The van der Waals surface area contributed by atoms with Gasteiger partial charge < -0.3 is 4.57 Å². The molecule has 0 saturated heterocycles. The Balaban J connectivity index is 3.36. The smallest absolute Gasteiger partial charge is 0.255 e. The third-order valence-electron chi connectivity index (χ3n) is 2.19. The number of hydrogen-bond donors (Lipinski definition) is 0. The maximum Gasteiger partial charge on any atom is 0.255 e. The average molecular weight is 190 g/mol. The van der Waals surface area contributed by atoms with E-state index >= 15 is 0 Å². The largest absolute Gasteiger partial charge is 0.310 e. The van der Waals surface area contributed by atoms with Gasteiger partial charge in [-0.3, -0.25) is 4.79 Å². The molecule has 0 N–H and O–H groups in total. The van der Waals surface area contributed by atoms with Gasteiger partial charge in [0, 0.05) is 17.3 Å². The van der Waals surface area contributed by atoms with E-state index in [0.29, 0.717) is 5.56 Å². The van der Waals surface area contributed by atoms with Gasteiger partial charge in [0.15, 0.2) is 0 Å². The van der Waals surface area contributed by atoms with Crippen molar-refractivity contribution in [3.8, 4) is 6.07 Å². The summed E-state index contributed by atoms with van der Waals surface area (Å²) in [6.45, 7) is 5.83. The Kier molecular flexibility index (Phi) is 3.08. The summed E-state index contributed by atoms with van der Waals surface area (Å²) >= 11 is 0. The van der Waals surface area contributed by atoms with E-state index in [1.807, 2.05) is 32.9 Å². The molecule has 0 amide bonds. The van der Waals surface area contributed by atoms with Crippen molar-refractivity contribution >= 4 is 0 Å². The topological polar surface area (TPSA) is 45.8 Å². The molecule has 74 valence electrons. The molecular weight excluding hydrogens is 176 g/mol. The number of nitrogens with zero attached hydrogens (tertiary/aromatic N) is 2. The fraction of sp³-hybridized carbons (Fsp3) is 0.455. The fourth-order valence-electron chi connectivity index (χ4n) is 1.55. The zero-order valence-electron chi connectivity index (χ0n) is 8.74. The molecule has 1 aromatic heterocycles. The van der Waals surface area contributed by atoms with E-state index in [9.17, 15) is 4.79 Å². The van der Waals surface area contributed by atoms with Gasteiger partial charge >= 0.3 is 0 Å². The van der Waals surface area contributed by atoms with Crippen molar-refractivity contribution in [2.75, 3.05) is 0 Å². The van der Waals surface area contributed by atoms with Gasteiger partial charge in [0.2, 0.25) is 0 Å². The second kappa shape index (κ2) is 4.10. The summed E-state index contributed by atoms with van der Waals surface area (Å²) in [5.74, 6) is 0. The molecule has 0 aromatic carbocycles. The number of nitriles is 1. The molecule has 0 radical (unpaired) electrons. The maximum absolute atomic E-state index is 11.8. The van der Waals surface area contributed by atoms with Gasteiger partial charge in [0.25, 0.3) is 5.56 Å². The Hall–Kier alpha value is -1.56. The molecule has 0 unspecified atom stereocenters. The van der Waals surface area contributed by atoms with Crippen LogP contribution in [-0.4, -0.2) is 4.57 Å². The molecule has 0 aliphatic carbocycles. The number of rotatable bonds is 2. The van der Waals surface area contributed by atoms with Crippen molar-refractivity contribution in [2.45, 2.75) is 33.2 Å². The number of aryl methyl sites for hydroxylation is 1. The van der Waals surface area contributed by atoms with E-state index in [4.69, 9.17) is 5.26 Å². The summed E-state index contributed by atoms with van der Waals surface area (Å²) in [5.41, 5.74) is 1.47. The van der Waals surface area contributed by atoms with Crippen LogP contribution in [0.4, 0.5) is 0 Å². The monoisotopic (exact) mass is 190 g/mol. The summed E-state index contributed by atoms with van der Waals surface area (Å²) in [7, 11) is 0. The van der Waals surface area contributed by atoms with Crippen LogP contribution >= 0.6 is 0 Å². The van der Waals surface area contributed by atoms with Gasteiger partial charge in [-0.2, -0.15) is 5.26 Å². The van der Waals surface area contributed by atoms with Crippen LogP contribution in [0.2, 0.25) is 0 Å². The normalized spacial score (nSPS) is 10.2. The minimum absolute atomic E-state index is 0.0402. The van der Waals surface area contributed by atoms with E-state index in [1.165, 1.54) is 0 Å². The third kappa shape index (κ3) is 1.85. The highest BCUT2D eigenvalue weighted by molar-refractivity contribution is 5.18. The third-order valence-corrected chi connectivity index (χ3v) is 2.19. The van der Waals surface area contributed by atoms with E-state index in [1.54, 1.807) is 10.6 Å². The van der Waals surface area contributed by atoms with Crippen molar-refractivity contribution in [3.05, 3.63) is 33.7 Å². The molecule has 1 aromatic rings. The SMILES string of the molecule is Cc1ccc(CC#N)c(=O)n1C(C)C. The van der Waals surface area contributed by atoms with Crippen LogP contribution < -0.4 is 5.56 Å². The van der Waals surface area contributed by atoms with Crippen molar-refractivity contribution in [1.82, 2.24) is 4.57 Å². The summed E-state index contributed by atoms with van der Waals surface area (Å²) in [5, 5.41) is 8.54. The second-order valence-corrected chi connectivity index (χ2v) is 3.60. The predicted octanol–water partition coefficient (Wildman–Crippen LogP) is 1.80. The Morgan fingerprint density at radius 1 is 1.50 bits per heavy atom. The van der Waals surface area contributed by atoms with Crippen LogP contribution in [0.25, 0.3) is 0 Å². The van der Waals surface area contributed by atoms with E-state index in [2.05, 4.69) is 0 Å². The average Bonchev–Trinajstić information content (AvgIpc) is 2.10. The minimum atomic E-state index is -0.0402. The van der Waals surface area contributed by atoms with Crippen molar-refractivity contribution in [2.24, 2.45) is 0 Å². The number of aromatic nitrogens is 1. The lowest BCUT2D eigenvalue weighted by molar-refractivity contribution is 0.559. The molecule has 1 rings (SSSR count). The molecule has 0 bridgehead atoms. The Labute approximate surface area is 83.6 Å². The molecule has 0 atom stereocenters. The lowest BCUT2D eigenvalue weighted by Gasteiger charge is -2.14. The van der Waals surface area contributed by atoms with Crippen LogP contribution in [0.1, 0.15) is 31.1 Å². The molecule has 0 aliphatic heterocycles. The van der Waals surface area contributed by atoms with Gasteiger partial charge in [-0.1, -0.05) is 6.07 Å². The van der Waals surface area contributed by atoms with Gasteiger partial charge in [0.1, 0.15) is 0 Å². The molecule has 14 heavy (non-hydrogen) atoms. The van der Waals surface area contributed by atoms with Crippen LogP contribution in [0.3, 0.4) is 0 Å². The first kappa shape index (κ1) is 10.5. The zero-order chi connectivity index (χ0) is 10.7. The highest BCUT2D eigenvalue weighted by Gasteiger charge is 2.07. The molecule has 0 fully saturated rings. The van der Waals surface area contributed by atoms with E-state index in [0.717, 1.165) is 5.69 Å². The summed E-state index contributed by atoms with van der Waals surface area (Å²) in [6, 6.07) is 5.76. The van der Waals surface area contributed by atoms with Gasteiger partial charge in [-0.15, -0.1) is 0 Å². The Morgan fingerprint density at radius 3 is 2.64 bits per heavy atom. The molecular formula is C11H14N2O. The predicted molar refractivity (Wildman–Crippen MR) is 55.1 cm³/mol. The van der Waals surface area contributed by atoms with E-state index < -0.39 is 0 Å². The quantitative estimate of drug-likeness (QED) is 0.713. The van der Waals surface area contributed by atoms with Crippen LogP contribution in [0, 0.1) is 18.3 Å². The molecule has 1 heterocycles. The highest BCUT2D eigenvalue weighted by atomic mass is 16.1. The van der Waals surface area contributed by atoms with E-state index in [-0.39, 0.29) is 18.0 Å². The highest BCUT2D eigenvalue weighted by Crippen LogP contribution is 2.06. The molecule has 3 nitrogen and oxygen atoms in total. The van der Waals surface area contributed by atoms with Crippen LogP contribution in [-0.2, 0) is 6.42 Å². The lowest BCUT2D eigenvalue weighted by Crippen LogP contribution is -2.26. The zero-order valence-corrected chi connectivity index (χ0v) is 8.74. The number of pyridine rings is 1. The van der Waals surface area contributed by atoms with Crippen LogP contribution in [0.15, 0.2) is 16.9 Å². The molecule has 0 spiro atoms. The maximum atomic E-state index is 11.8. The molecule has 3 heteroatoms. The van der Waals surface area contributed by atoms with Crippen LogP contribution in [0.5, 0.6) is 0 Å². The summed E-state index contributed by atoms with van der Waals surface area (Å²) < 4.78 is 1.71. The lowest BCUT2D eigenvalue weighted by atomic mass is 10.2. The standard InChI is InChI=1S/C11H14N2O/c1-8(2)13-9(3)4-5-10(6-7-12)11(13)14/h4-5,8H,6H2,1-3H3. The van der Waals surface area contributed by atoms with Gasteiger partial charge in [0.05, 0.1) is 12.5 Å². The van der Waals surface area contributed by atoms with Crippen molar-refractivity contribution < 1.29 is 0 Å². The Morgan fingerprint density at radius 2 is 2.14 bits per heavy atom. The summed E-state index contributed by atoms with van der Waals surface area (Å²) in [6.07, 6.45) is 0.186. The first-order chi connectivity index (χ1) is 6.57. The van der Waals surface area contributed by atoms with Gasteiger partial charge in [-0.25, -0.2) is 0 Å². The molecule has 0 aliphatic rings.